The third-order valence-corrected chi connectivity index (χ3v) is 5.34. The van der Waals surface area contributed by atoms with E-state index >= 15 is 0 Å². The molecule has 1 amide bonds. The van der Waals surface area contributed by atoms with E-state index in [9.17, 15) is 4.79 Å². The average Bonchev–Trinajstić information content (AvgIpc) is 3.25. The van der Waals surface area contributed by atoms with Crippen molar-refractivity contribution in [3.8, 4) is 5.75 Å². The number of guanidine groups is 1. The number of hydrogen-bond donors (Lipinski definition) is 1. The molecule has 1 unspecified atom stereocenters. The Kier molecular flexibility index (Phi) is 7.75. The van der Waals surface area contributed by atoms with E-state index in [1.807, 2.05) is 6.07 Å². The molecular weight excluding hydrogens is 368 g/mol. The molecule has 3 rings (SSSR count). The van der Waals surface area contributed by atoms with Gasteiger partial charge in [-0.1, -0.05) is 13.0 Å². The predicted molar refractivity (Wildman–Crippen MR) is 114 cm³/mol. The largest absolute Gasteiger partial charge is 0.494 e. The van der Waals surface area contributed by atoms with Crippen molar-refractivity contribution >= 4 is 11.9 Å². The summed E-state index contributed by atoms with van der Waals surface area (Å²) in [5.74, 6) is 1.73. The molecule has 1 aromatic carbocycles. The number of carbonyl (C=O) groups is 1. The Morgan fingerprint density at radius 1 is 1.38 bits per heavy atom. The van der Waals surface area contributed by atoms with Crippen molar-refractivity contribution in [3.05, 3.63) is 29.3 Å². The number of ether oxygens (including phenoxy) is 2. The van der Waals surface area contributed by atoms with Crippen LogP contribution in [-0.4, -0.2) is 74.7 Å². The normalized spacial score (nSPS) is 19.1. The maximum absolute atomic E-state index is 12.0. The van der Waals surface area contributed by atoms with E-state index in [1.165, 1.54) is 11.1 Å². The van der Waals surface area contributed by atoms with Crippen molar-refractivity contribution in [3.63, 3.8) is 0 Å². The lowest BCUT2D eigenvalue weighted by molar-refractivity contribution is -0.127. The van der Waals surface area contributed by atoms with Crippen LogP contribution in [0.1, 0.15) is 37.3 Å². The molecule has 29 heavy (non-hydrogen) atoms. The van der Waals surface area contributed by atoms with Gasteiger partial charge in [0.2, 0.25) is 5.91 Å². The summed E-state index contributed by atoms with van der Waals surface area (Å²) in [6.45, 7) is 6.19. The van der Waals surface area contributed by atoms with E-state index in [0.29, 0.717) is 0 Å². The second kappa shape index (κ2) is 10.5. The van der Waals surface area contributed by atoms with Crippen molar-refractivity contribution < 1.29 is 14.3 Å². The summed E-state index contributed by atoms with van der Waals surface area (Å²) in [6, 6.07) is 6.36. The summed E-state index contributed by atoms with van der Waals surface area (Å²) < 4.78 is 11.5. The minimum atomic E-state index is -0.00320. The molecule has 1 fully saturated rings. The highest BCUT2D eigenvalue weighted by Crippen LogP contribution is 2.24. The van der Waals surface area contributed by atoms with Crippen LogP contribution in [0.25, 0.3) is 0 Å². The van der Waals surface area contributed by atoms with Gasteiger partial charge in [0.15, 0.2) is 5.96 Å². The van der Waals surface area contributed by atoms with Gasteiger partial charge in [-0.2, -0.15) is 0 Å². The third kappa shape index (κ3) is 6.10. The van der Waals surface area contributed by atoms with Crippen LogP contribution in [0, 0.1) is 0 Å². The summed E-state index contributed by atoms with van der Waals surface area (Å²) in [5, 5.41) is 3.45. The third-order valence-electron chi connectivity index (χ3n) is 5.34. The van der Waals surface area contributed by atoms with Gasteiger partial charge in [0.05, 0.1) is 12.7 Å². The Hall–Kier alpha value is -2.28. The number of rotatable bonds is 7. The van der Waals surface area contributed by atoms with Crippen LogP contribution in [0.5, 0.6) is 5.75 Å². The van der Waals surface area contributed by atoms with E-state index in [1.54, 1.807) is 19.0 Å². The van der Waals surface area contributed by atoms with E-state index in [0.717, 1.165) is 70.2 Å². The van der Waals surface area contributed by atoms with Crippen LogP contribution in [0.15, 0.2) is 23.2 Å². The minimum Gasteiger partial charge on any atom is -0.494 e. The molecule has 1 saturated heterocycles. The van der Waals surface area contributed by atoms with Crippen LogP contribution in [0.2, 0.25) is 0 Å². The zero-order valence-corrected chi connectivity index (χ0v) is 17.9. The Morgan fingerprint density at radius 3 is 2.97 bits per heavy atom. The Morgan fingerprint density at radius 2 is 2.24 bits per heavy atom. The van der Waals surface area contributed by atoms with Crippen molar-refractivity contribution in [2.45, 2.75) is 45.3 Å². The van der Waals surface area contributed by atoms with Crippen LogP contribution in [0.3, 0.4) is 0 Å². The van der Waals surface area contributed by atoms with Gasteiger partial charge in [-0.3, -0.25) is 4.79 Å². The molecule has 0 spiro atoms. The molecule has 1 N–H and O–H groups in total. The minimum absolute atomic E-state index is 0.00320. The lowest BCUT2D eigenvalue weighted by Gasteiger charge is -2.32. The molecule has 1 atom stereocenters. The fourth-order valence-corrected chi connectivity index (χ4v) is 3.58. The molecular formula is C22H34N4O3. The van der Waals surface area contributed by atoms with Gasteiger partial charge in [0.25, 0.3) is 0 Å². The SMILES string of the molecule is CCCOc1ccc2c(c1)CCN(C(=NCC(=O)N(C)C)NCC1CCCO1)C2. The first-order chi connectivity index (χ1) is 14.1. The topological polar surface area (TPSA) is 66.4 Å². The quantitative estimate of drug-likeness (QED) is 0.559. The summed E-state index contributed by atoms with van der Waals surface area (Å²) in [7, 11) is 3.51. The number of benzene rings is 1. The summed E-state index contributed by atoms with van der Waals surface area (Å²) >= 11 is 0. The van der Waals surface area contributed by atoms with Gasteiger partial charge >= 0.3 is 0 Å². The number of fused-ring (bicyclic) bond motifs is 1. The molecule has 160 valence electrons. The molecule has 2 aliphatic heterocycles. The average molecular weight is 403 g/mol. The van der Waals surface area contributed by atoms with E-state index < -0.39 is 0 Å². The van der Waals surface area contributed by atoms with Gasteiger partial charge in [-0.25, -0.2) is 4.99 Å². The monoisotopic (exact) mass is 402 g/mol. The Balaban J connectivity index is 1.68. The van der Waals surface area contributed by atoms with Gasteiger partial charge in [-0.05, 0) is 48.9 Å². The number of hydrogen-bond acceptors (Lipinski definition) is 4. The smallest absolute Gasteiger partial charge is 0.243 e. The maximum Gasteiger partial charge on any atom is 0.243 e. The van der Waals surface area contributed by atoms with Gasteiger partial charge in [0.1, 0.15) is 12.3 Å². The van der Waals surface area contributed by atoms with E-state index in [-0.39, 0.29) is 18.6 Å². The molecule has 2 heterocycles. The highest BCUT2D eigenvalue weighted by molar-refractivity contribution is 5.85. The highest BCUT2D eigenvalue weighted by atomic mass is 16.5. The number of likely N-dealkylation sites (N-methyl/N-ethyl adjacent to an activating group) is 1. The van der Waals surface area contributed by atoms with Crippen molar-refractivity contribution in [2.75, 3.05) is 46.9 Å². The number of nitrogens with one attached hydrogen (secondary N) is 1. The predicted octanol–water partition coefficient (Wildman–Crippen LogP) is 2.05. The molecule has 0 bridgehead atoms. The van der Waals surface area contributed by atoms with Gasteiger partial charge in [-0.15, -0.1) is 0 Å². The van der Waals surface area contributed by atoms with Crippen LogP contribution < -0.4 is 10.1 Å². The first-order valence-electron chi connectivity index (χ1n) is 10.7. The van der Waals surface area contributed by atoms with Crippen molar-refractivity contribution in [1.29, 1.82) is 0 Å². The molecule has 1 aromatic rings. The number of nitrogens with zero attached hydrogens (tertiary/aromatic N) is 3. The lowest BCUT2D eigenvalue weighted by atomic mass is 9.99. The van der Waals surface area contributed by atoms with E-state index in [4.69, 9.17) is 9.47 Å². The Labute approximate surface area is 174 Å². The molecule has 0 aliphatic carbocycles. The molecule has 7 nitrogen and oxygen atoms in total. The number of amides is 1. The standard InChI is InChI=1S/C22H34N4O3/c1-4-11-28-19-8-7-18-16-26(10-9-17(18)13-19)22(24-15-21(27)25(2)3)23-14-20-6-5-12-29-20/h7-8,13,20H,4-6,9-12,14-16H2,1-3H3,(H,23,24). The molecule has 0 radical (unpaired) electrons. The van der Waals surface area contributed by atoms with Gasteiger partial charge < -0.3 is 24.6 Å². The van der Waals surface area contributed by atoms with Gasteiger partial charge in [0, 0.05) is 40.3 Å². The zero-order valence-electron chi connectivity index (χ0n) is 17.9. The van der Waals surface area contributed by atoms with Crippen molar-refractivity contribution in [2.24, 2.45) is 4.99 Å². The van der Waals surface area contributed by atoms with Crippen molar-refractivity contribution in [1.82, 2.24) is 15.1 Å². The first kappa shape index (κ1) is 21.4. The first-order valence-corrected chi connectivity index (χ1v) is 10.7. The fourth-order valence-electron chi connectivity index (χ4n) is 3.58. The lowest BCUT2D eigenvalue weighted by Crippen LogP contribution is -2.46. The molecule has 0 aromatic heterocycles. The summed E-state index contributed by atoms with van der Waals surface area (Å²) in [5.41, 5.74) is 2.61. The number of carbonyl (C=O) groups excluding carboxylic acids is 1. The van der Waals surface area contributed by atoms with Crippen LogP contribution >= 0.6 is 0 Å². The molecule has 0 saturated carbocycles. The van der Waals surface area contributed by atoms with Crippen LogP contribution in [-0.2, 0) is 22.5 Å². The molecule has 2 aliphatic rings. The fraction of sp³-hybridized carbons (Fsp3) is 0.636. The highest BCUT2D eigenvalue weighted by Gasteiger charge is 2.22. The Bertz CT molecular complexity index is 714. The van der Waals surface area contributed by atoms with E-state index in [2.05, 4.69) is 34.3 Å². The zero-order chi connectivity index (χ0) is 20.6. The second-order valence-electron chi connectivity index (χ2n) is 7.89. The molecule has 7 heteroatoms. The maximum atomic E-state index is 12.0. The second-order valence-corrected chi connectivity index (χ2v) is 7.89. The van der Waals surface area contributed by atoms with Crippen LogP contribution in [0.4, 0.5) is 0 Å². The number of aliphatic imine (C=N–C) groups is 1. The summed E-state index contributed by atoms with van der Waals surface area (Å²) in [4.78, 5) is 20.5. The summed E-state index contributed by atoms with van der Waals surface area (Å²) in [6.07, 6.45) is 4.34.